The van der Waals surface area contributed by atoms with E-state index >= 15 is 0 Å². The molecule has 0 aliphatic carbocycles. The van der Waals surface area contributed by atoms with Crippen LogP contribution < -0.4 is 0 Å². The Labute approximate surface area is 228 Å². The first-order valence-corrected chi connectivity index (χ1v) is 13.1. The minimum atomic E-state index is 0.351. The van der Waals surface area contributed by atoms with E-state index in [4.69, 9.17) is 0 Å². The maximum absolute atomic E-state index is 14.3. The second kappa shape index (κ2) is 21.9. The molecule has 0 unspecified atom stereocenters. The van der Waals surface area contributed by atoms with Crippen LogP contribution in [0.4, 0.5) is 4.48 Å². The van der Waals surface area contributed by atoms with Gasteiger partial charge in [-0.1, -0.05) is 127 Å². The van der Waals surface area contributed by atoms with E-state index in [0.29, 0.717) is 16.5 Å². The van der Waals surface area contributed by atoms with Crippen LogP contribution in [0.3, 0.4) is 0 Å². The summed E-state index contributed by atoms with van der Waals surface area (Å²) in [6.45, 7) is 28.9. The van der Waals surface area contributed by atoms with Gasteiger partial charge in [-0.15, -0.1) is 6.58 Å². The summed E-state index contributed by atoms with van der Waals surface area (Å²) in [7, 11) is 0. The van der Waals surface area contributed by atoms with Gasteiger partial charge in [-0.05, 0) is 72.4 Å². The van der Waals surface area contributed by atoms with Gasteiger partial charge in [0, 0.05) is 5.56 Å². The van der Waals surface area contributed by atoms with Crippen LogP contribution in [0, 0.1) is 6.92 Å². The van der Waals surface area contributed by atoms with Crippen molar-refractivity contribution in [1.82, 2.24) is 5.12 Å². The Morgan fingerprint density at radius 2 is 1.32 bits per heavy atom. The second-order valence-electron chi connectivity index (χ2n) is 8.30. The minimum Gasteiger partial charge on any atom is -0.180 e. The average Bonchev–Trinajstić information content (AvgIpc) is 2.93. The number of rotatable bonds is 8. The smallest absolute Gasteiger partial charge is 0.0747 e. The molecule has 0 aliphatic heterocycles. The molecule has 2 aromatic rings. The lowest BCUT2D eigenvalue weighted by atomic mass is 10.1. The lowest BCUT2D eigenvalue weighted by Gasteiger charge is -2.20. The maximum atomic E-state index is 14.3. The van der Waals surface area contributed by atoms with Crippen molar-refractivity contribution in [2.24, 2.45) is 0 Å². The predicted molar refractivity (Wildman–Crippen MR) is 167 cm³/mol. The highest BCUT2D eigenvalue weighted by Crippen LogP contribution is 2.26. The van der Waals surface area contributed by atoms with Crippen molar-refractivity contribution in [2.75, 3.05) is 0 Å². The van der Waals surface area contributed by atoms with Gasteiger partial charge in [-0.3, -0.25) is 0 Å². The summed E-state index contributed by atoms with van der Waals surface area (Å²) in [6.07, 6.45) is 9.82. The fraction of sp³-hybridized carbons (Fsp3) is 0.314. The third-order valence-corrected chi connectivity index (χ3v) is 5.53. The Morgan fingerprint density at radius 1 is 0.811 bits per heavy atom. The Balaban J connectivity index is 0. The maximum Gasteiger partial charge on any atom is 0.0747 e. The molecular formula is C35H50FN. The minimum absolute atomic E-state index is 0.351. The molecule has 37 heavy (non-hydrogen) atoms. The van der Waals surface area contributed by atoms with Crippen molar-refractivity contribution in [1.29, 1.82) is 0 Å². The van der Waals surface area contributed by atoms with E-state index in [2.05, 4.69) is 57.0 Å². The third-order valence-electron chi connectivity index (χ3n) is 5.53. The molecule has 0 aromatic heterocycles. The van der Waals surface area contributed by atoms with Crippen LogP contribution >= 0.6 is 0 Å². The Kier molecular flexibility index (Phi) is 21.1. The first-order chi connectivity index (χ1) is 17.6. The van der Waals surface area contributed by atoms with E-state index in [1.165, 1.54) is 11.1 Å². The normalized spacial score (nSPS) is 10.9. The first-order valence-electron chi connectivity index (χ1n) is 13.1. The third kappa shape index (κ3) is 15.4. The molecule has 0 spiro atoms. The van der Waals surface area contributed by atoms with Crippen LogP contribution in [0.5, 0.6) is 0 Å². The van der Waals surface area contributed by atoms with Crippen LogP contribution in [0.15, 0.2) is 121 Å². The van der Waals surface area contributed by atoms with Crippen LogP contribution in [0.25, 0.3) is 5.70 Å². The van der Waals surface area contributed by atoms with Crippen molar-refractivity contribution >= 4 is 5.70 Å². The highest BCUT2D eigenvalue weighted by molar-refractivity contribution is 5.63. The molecular weight excluding hydrogens is 453 g/mol. The number of hydrogen-bond acceptors (Lipinski definition) is 1. The molecule has 0 radical (unpaired) electrons. The fourth-order valence-corrected chi connectivity index (χ4v) is 2.81. The lowest BCUT2D eigenvalue weighted by molar-refractivity contribution is 0.159. The molecule has 0 amide bonds. The molecule has 0 saturated heterocycles. The summed E-state index contributed by atoms with van der Waals surface area (Å²) in [5, 5.41) is 0.639. The highest BCUT2D eigenvalue weighted by atomic mass is 19.2. The number of nitrogens with zero attached hydrogens (tertiary/aromatic N) is 1. The van der Waals surface area contributed by atoms with Crippen LogP contribution in [0.2, 0.25) is 0 Å². The Morgan fingerprint density at radius 3 is 1.70 bits per heavy atom. The number of benzene rings is 2. The van der Waals surface area contributed by atoms with E-state index < -0.39 is 0 Å². The predicted octanol–water partition coefficient (Wildman–Crippen LogP) is 11.4. The monoisotopic (exact) mass is 503 g/mol. The van der Waals surface area contributed by atoms with Gasteiger partial charge in [0.15, 0.2) is 0 Å². The molecule has 202 valence electrons. The number of allylic oxidation sites excluding steroid dienone is 7. The number of halogens is 1. The van der Waals surface area contributed by atoms with Crippen LogP contribution in [0.1, 0.15) is 78.5 Å². The number of aryl methyl sites for hydroxylation is 2. The summed E-state index contributed by atoms with van der Waals surface area (Å²) >= 11 is 0. The van der Waals surface area contributed by atoms with Crippen molar-refractivity contribution in [2.45, 2.75) is 75.2 Å². The van der Waals surface area contributed by atoms with Gasteiger partial charge < -0.3 is 0 Å². The van der Waals surface area contributed by atoms with Gasteiger partial charge in [0.1, 0.15) is 0 Å². The molecule has 0 heterocycles. The van der Waals surface area contributed by atoms with Crippen molar-refractivity contribution in [3.8, 4) is 0 Å². The van der Waals surface area contributed by atoms with Crippen LogP contribution in [-0.2, 0) is 6.42 Å². The van der Waals surface area contributed by atoms with Crippen molar-refractivity contribution in [3.05, 3.63) is 138 Å². The summed E-state index contributed by atoms with van der Waals surface area (Å²) in [5.41, 5.74) is 7.52. The molecule has 1 nitrogen and oxygen atoms in total. The zero-order valence-corrected chi connectivity index (χ0v) is 24.9. The quantitative estimate of drug-likeness (QED) is 0.197. The van der Waals surface area contributed by atoms with Crippen molar-refractivity contribution in [3.63, 3.8) is 0 Å². The van der Waals surface area contributed by atoms with Gasteiger partial charge >= 0.3 is 0 Å². The molecule has 0 bridgehead atoms. The Bertz CT molecular complexity index is 1000. The van der Waals surface area contributed by atoms with Gasteiger partial charge in [-0.25, -0.2) is 0 Å². The zero-order chi connectivity index (χ0) is 28.8. The fourth-order valence-electron chi connectivity index (χ4n) is 2.81. The molecule has 2 heteroatoms. The van der Waals surface area contributed by atoms with Gasteiger partial charge in [0.25, 0.3) is 0 Å². The lowest BCUT2D eigenvalue weighted by Crippen LogP contribution is -2.11. The zero-order valence-electron chi connectivity index (χ0n) is 24.9. The largest absolute Gasteiger partial charge is 0.180 e. The first kappa shape index (κ1) is 35.8. The summed E-state index contributed by atoms with van der Waals surface area (Å²) in [6, 6.07) is 18.1. The SMILES string of the molecule is C=C(C)/C(C)=C/C.C=C(c1ccc(C)cc1)N(F)C(=C/C)/C(C)=C\C.C=CCCc1ccccc1.CC. The molecule has 0 saturated carbocycles. The summed E-state index contributed by atoms with van der Waals surface area (Å²) in [5.74, 6) is 0. The highest BCUT2D eigenvalue weighted by Gasteiger charge is 2.14. The average molecular weight is 504 g/mol. The summed E-state index contributed by atoms with van der Waals surface area (Å²) in [4.78, 5) is 0. The van der Waals surface area contributed by atoms with Crippen molar-refractivity contribution < 1.29 is 4.48 Å². The van der Waals surface area contributed by atoms with E-state index in [0.717, 1.165) is 35.1 Å². The van der Waals surface area contributed by atoms with E-state index in [1.54, 1.807) is 6.08 Å². The van der Waals surface area contributed by atoms with E-state index in [9.17, 15) is 4.48 Å². The molecule has 2 aromatic carbocycles. The standard InChI is InChI=1S/C16H20FN.C10H12.C7H12.C2H6/c1-6-13(4)16(7-2)18(17)14(5)15-10-8-12(3)9-11-15;1-2-3-7-10-8-5-4-6-9-10;1-5-7(4)6(2)3;1-2/h6-11H,5H2,1-4H3;2,4-6,8-9H,1,3,7H2;5H,2H2,1,3-4H3;1-2H3/b13-6-,16-7+;;7-5+;. The summed E-state index contributed by atoms with van der Waals surface area (Å²) < 4.78 is 14.3. The molecule has 0 fully saturated rings. The van der Waals surface area contributed by atoms with Gasteiger partial charge in [0.2, 0.25) is 0 Å². The molecule has 0 N–H and O–H groups in total. The second-order valence-corrected chi connectivity index (χ2v) is 8.30. The molecule has 0 aliphatic rings. The van der Waals surface area contributed by atoms with Gasteiger partial charge in [0.05, 0.1) is 11.4 Å². The topological polar surface area (TPSA) is 3.24 Å². The van der Waals surface area contributed by atoms with E-state index in [-0.39, 0.29) is 0 Å². The van der Waals surface area contributed by atoms with E-state index in [1.807, 2.05) is 97.9 Å². The van der Waals surface area contributed by atoms with Gasteiger partial charge in [-0.2, -0.15) is 5.12 Å². The molecule has 0 atom stereocenters. The molecule has 2 rings (SSSR count). The number of hydrogen-bond donors (Lipinski definition) is 0. The Hall–Kier alpha value is -3.39. The van der Waals surface area contributed by atoms with Crippen LogP contribution in [-0.4, -0.2) is 5.12 Å².